The Kier molecular flexibility index (Phi) is 4.68. The number of anilines is 1. The summed E-state index contributed by atoms with van der Waals surface area (Å²) >= 11 is 0. The van der Waals surface area contributed by atoms with Gasteiger partial charge in [0.25, 0.3) is 5.56 Å². The minimum Gasteiger partial charge on any atom is -0.294 e. The van der Waals surface area contributed by atoms with Crippen molar-refractivity contribution >= 4 is 22.8 Å². The topological polar surface area (TPSA) is 77.4 Å². The Hall–Kier alpha value is -3.49. The van der Waals surface area contributed by atoms with Crippen molar-refractivity contribution in [1.82, 2.24) is 18.7 Å². The third-order valence-corrected chi connectivity index (χ3v) is 5.36. The van der Waals surface area contributed by atoms with Crippen LogP contribution in [-0.4, -0.2) is 30.9 Å². The molecule has 1 aliphatic rings. The van der Waals surface area contributed by atoms with Crippen LogP contribution < -0.4 is 16.3 Å². The van der Waals surface area contributed by atoms with E-state index in [1.54, 1.807) is 34.8 Å². The Morgan fingerprint density at radius 1 is 1.27 bits per heavy atom. The number of aryl methyl sites for hydroxylation is 1. The van der Waals surface area contributed by atoms with Gasteiger partial charge in [0.1, 0.15) is 5.82 Å². The maximum absolute atomic E-state index is 14.2. The van der Waals surface area contributed by atoms with E-state index in [1.807, 2.05) is 20.8 Å². The van der Waals surface area contributed by atoms with Crippen molar-refractivity contribution in [3.8, 4) is 0 Å². The molecule has 8 nitrogen and oxygen atoms in total. The highest BCUT2D eigenvalue weighted by molar-refractivity contribution is 5.91. The van der Waals surface area contributed by atoms with Crippen molar-refractivity contribution < 1.29 is 4.39 Å². The van der Waals surface area contributed by atoms with Crippen LogP contribution in [0.5, 0.6) is 0 Å². The third-order valence-electron chi connectivity index (χ3n) is 5.36. The van der Waals surface area contributed by atoms with E-state index >= 15 is 0 Å². The molecule has 30 heavy (non-hydrogen) atoms. The van der Waals surface area contributed by atoms with Gasteiger partial charge in [-0.25, -0.2) is 14.2 Å². The fraction of sp³-hybridized carbons (Fsp3) is 0.333. The lowest BCUT2D eigenvalue weighted by molar-refractivity contribution is 0.580. The average molecular weight is 410 g/mol. The average Bonchev–Trinajstić information content (AvgIpc) is 3.10. The lowest BCUT2D eigenvalue weighted by Gasteiger charge is -2.29. The van der Waals surface area contributed by atoms with Gasteiger partial charge in [0.05, 0.1) is 24.8 Å². The van der Waals surface area contributed by atoms with Gasteiger partial charge in [0, 0.05) is 12.6 Å². The predicted octanol–water partition coefficient (Wildman–Crippen LogP) is 2.42. The van der Waals surface area contributed by atoms with Gasteiger partial charge < -0.3 is 0 Å². The van der Waals surface area contributed by atoms with E-state index in [1.165, 1.54) is 10.6 Å². The molecule has 4 rings (SSSR count). The van der Waals surface area contributed by atoms with Crippen molar-refractivity contribution in [1.29, 1.82) is 0 Å². The summed E-state index contributed by atoms with van der Waals surface area (Å²) in [6.45, 7) is 9.89. The number of halogens is 1. The molecule has 0 fully saturated rings. The molecule has 3 aromatic rings. The first-order valence-electron chi connectivity index (χ1n) is 9.63. The van der Waals surface area contributed by atoms with Crippen LogP contribution in [0.2, 0.25) is 0 Å². The fourth-order valence-corrected chi connectivity index (χ4v) is 3.68. The number of imidazole rings is 1. The molecule has 0 saturated heterocycles. The SMILES string of the molecule is C=C(C)CN1N=C(C)[C@H](C)n2c1nc1c2c(=O)n(Cc2ccccc2F)c(=O)n1C. The summed E-state index contributed by atoms with van der Waals surface area (Å²) < 4.78 is 18.3. The Bertz CT molecular complexity index is 1330. The van der Waals surface area contributed by atoms with Gasteiger partial charge in [-0.05, 0) is 26.8 Å². The molecule has 2 aromatic heterocycles. The number of hydrazone groups is 1. The highest BCUT2D eigenvalue weighted by atomic mass is 19.1. The minimum atomic E-state index is -0.553. The highest BCUT2D eigenvalue weighted by Crippen LogP contribution is 2.30. The Labute approximate surface area is 172 Å². The molecule has 0 amide bonds. The summed E-state index contributed by atoms with van der Waals surface area (Å²) in [5.41, 5.74) is 1.45. The number of benzene rings is 1. The molecule has 0 bridgehead atoms. The monoisotopic (exact) mass is 410 g/mol. The normalized spacial score (nSPS) is 16.0. The maximum Gasteiger partial charge on any atom is 0.332 e. The largest absolute Gasteiger partial charge is 0.332 e. The summed E-state index contributed by atoms with van der Waals surface area (Å²) in [4.78, 5) is 30.9. The van der Waals surface area contributed by atoms with Crippen LogP contribution in [-0.2, 0) is 13.6 Å². The van der Waals surface area contributed by atoms with E-state index in [0.29, 0.717) is 12.5 Å². The van der Waals surface area contributed by atoms with E-state index in [2.05, 4.69) is 16.7 Å². The number of hydrogen-bond acceptors (Lipinski definition) is 5. The van der Waals surface area contributed by atoms with Crippen molar-refractivity contribution in [3.63, 3.8) is 0 Å². The smallest absolute Gasteiger partial charge is 0.294 e. The van der Waals surface area contributed by atoms with Gasteiger partial charge in [0.2, 0.25) is 5.95 Å². The molecule has 0 saturated carbocycles. The lowest BCUT2D eigenvalue weighted by atomic mass is 10.2. The molecular formula is C21H23FN6O2. The first kappa shape index (κ1) is 19.8. The molecule has 1 atom stereocenters. The quantitative estimate of drug-likeness (QED) is 0.619. The summed E-state index contributed by atoms with van der Waals surface area (Å²) in [6, 6.07) is 5.88. The molecule has 0 radical (unpaired) electrons. The zero-order valence-corrected chi connectivity index (χ0v) is 17.4. The molecular weight excluding hydrogens is 387 g/mol. The molecule has 9 heteroatoms. The summed E-state index contributed by atoms with van der Waals surface area (Å²) in [7, 11) is 1.56. The van der Waals surface area contributed by atoms with Crippen LogP contribution in [0.4, 0.5) is 10.3 Å². The minimum absolute atomic E-state index is 0.161. The van der Waals surface area contributed by atoms with E-state index in [-0.39, 0.29) is 29.3 Å². The van der Waals surface area contributed by atoms with Crippen molar-refractivity contribution in [3.05, 3.63) is 68.6 Å². The van der Waals surface area contributed by atoms with Crippen LogP contribution in [0.3, 0.4) is 0 Å². The third kappa shape index (κ3) is 2.97. The van der Waals surface area contributed by atoms with Gasteiger partial charge in [-0.2, -0.15) is 10.1 Å². The standard InChI is InChI=1S/C21H23FN6O2/c1-12(2)10-27-20-23-18-17(28(20)14(4)13(3)24-27)19(29)26(21(30)25(18)5)11-15-8-6-7-9-16(15)22/h6-9,14H,1,10-11H2,2-5H3/t14-/m0/s1. The number of aromatic nitrogens is 4. The molecule has 0 N–H and O–H groups in total. The number of rotatable bonds is 4. The molecule has 156 valence electrons. The second-order valence-electron chi connectivity index (χ2n) is 7.71. The lowest BCUT2D eigenvalue weighted by Crippen LogP contribution is -2.40. The Morgan fingerprint density at radius 2 is 1.97 bits per heavy atom. The van der Waals surface area contributed by atoms with E-state index in [9.17, 15) is 14.0 Å². The maximum atomic E-state index is 14.2. The van der Waals surface area contributed by atoms with Crippen LogP contribution in [0.15, 0.2) is 51.1 Å². The summed E-state index contributed by atoms with van der Waals surface area (Å²) in [5, 5.41) is 6.27. The summed E-state index contributed by atoms with van der Waals surface area (Å²) in [5.74, 6) is 0.00711. The van der Waals surface area contributed by atoms with E-state index in [0.717, 1.165) is 15.9 Å². The zero-order valence-electron chi connectivity index (χ0n) is 17.4. The Morgan fingerprint density at radius 3 is 2.63 bits per heavy atom. The van der Waals surface area contributed by atoms with Crippen molar-refractivity contribution in [2.45, 2.75) is 33.4 Å². The van der Waals surface area contributed by atoms with Gasteiger partial charge in [-0.3, -0.25) is 18.5 Å². The van der Waals surface area contributed by atoms with Gasteiger partial charge in [0.15, 0.2) is 11.2 Å². The van der Waals surface area contributed by atoms with Crippen LogP contribution in [0, 0.1) is 5.82 Å². The van der Waals surface area contributed by atoms with E-state index < -0.39 is 17.1 Å². The van der Waals surface area contributed by atoms with Crippen LogP contribution in [0.1, 0.15) is 32.4 Å². The zero-order chi connectivity index (χ0) is 21.7. The van der Waals surface area contributed by atoms with Gasteiger partial charge in [-0.1, -0.05) is 30.4 Å². The first-order valence-corrected chi connectivity index (χ1v) is 9.63. The van der Waals surface area contributed by atoms with E-state index in [4.69, 9.17) is 0 Å². The van der Waals surface area contributed by atoms with Crippen molar-refractivity contribution in [2.75, 3.05) is 11.6 Å². The first-order chi connectivity index (χ1) is 14.2. The summed E-state index contributed by atoms with van der Waals surface area (Å²) in [6.07, 6.45) is 0. The fourth-order valence-electron chi connectivity index (χ4n) is 3.68. The predicted molar refractivity (Wildman–Crippen MR) is 115 cm³/mol. The number of fused-ring (bicyclic) bond motifs is 3. The van der Waals surface area contributed by atoms with Gasteiger partial charge >= 0.3 is 5.69 Å². The highest BCUT2D eigenvalue weighted by Gasteiger charge is 2.30. The molecule has 0 unspecified atom stereocenters. The number of nitrogens with zero attached hydrogens (tertiary/aromatic N) is 6. The number of hydrogen-bond donors (Lipinski definition) is 0. The van der Waals surface area contributed by atoms with Crippen LogP contribution in [0.25, 0.3) is 11.2 Å². The molecule has 3 heterocycles. The Balaban J connectivity index is 2.00. The molecule has 1 aromatic carbocycles. The molecule has 0 aliphatic carbocycles. The molecule has 0 spiro atoms. The second kappa shape index (κ2) is 7.08. The van der Waals surface area contributed by atoms with Crippen LogP contribution >= 0.6 is 0 Å². The van der Waals surface area contributed by atoms with Gasteiger partial charge in [-0.15, -0.1) is 0 Å². The van der Waals surface area contributed by atoms with Crippen molar-refractivity contribution in [2.24, 2.45) is 12.1 Å². The second-order valence-corrected chi connectivity index (χ2v) is 7.71. The molecule has 1 aliphatic heterocycles.